The van der Waals surface area contributed by atoms with Crippen LogP contribution in [0.3, 0.4) is 0 Å². The molecule has 1 atom stereocenters. The molecule has 0 saturated carbocycles. The van der Waals surface area contributed by atoms with Crippen LogP contribution in [0, 0.1) is 0 Å². The van der Waals surface area contributed by atoms with E-state index in [-0.39, 0.29) is 6.03 Å². The van der Waals surface area contributed by atoms with E-state index in [1.165, 1.54) is 10.5 Å². The maximum atomic E-state index is 12.0. The topological polar surface area (TPSA) is 69.6 Å². The number of amides is 2. The van der Waals surface area contributed by atoms with Crippen LogP contribution < -0.4 is 5.32 Å². The number of carbonyl (C=O) groups excluding carboxylic acids is 1. The van der Waals surface area contributed by atoms with Crippen molar-refractivity contribution in [1.82, 2.24) is 10.2 Å². The van der Waals surface area contributed by atoms with Gasteiger partial charge in [-0.3, -0.25) is 0 Å². The standard InChI is InChI=1S/C15H20N2O3/c1-2-11-5-7-12(8-6-11)10-16-15(20)17-9-3-4-13(17)14(18)19/h5-8,13H,2-4,9-10H2,1H3,(H,16,20)(H,18,19)/t13-/m1/s1. The first-order valence-electron chi connectivity index (χ1n) is 6.97. The van der Waals surface area contributed by atoms with Crippen LogP contribution >= 0.6 is 0 Å². The third-order valence-corrected chi connectivity index (χ3v) is 3.67. The van der Waals surface area contributed by atoms with Gasteiger partial charge in [-0.2, -0.15) is 0 Å². The number of urea groups is 1. The molecule has 0 aliphatic carbocycles. The third kappa shape index (κ3) is 3.29. The van der Waals surface area contributed by atoms with Crippen LogP contribution in [-0.2, 0) is 17.8 Å². The minimum absolute atomic E-state index is 0.297. The maximum Gasteiger partial charge on any atom is 0.326 e. The van der Waals surface area contributed by atoms with Gasteiger partial charge in [-0.1, -0.05) is 31.2 Å². The van der Waals surface area contributed by atoms with Crippen molar-refractivity contribution >= 4 is 12.0 Å². The SMILES string of the molecule is CCc1ccc(CNC(=O)N2CCC[C@@H]2C(=O)O)cc1. The summed E-state index contributed by atoms with van der Waals surface area (Å²) in [5, 5.41) is 11.8. The maximum absolute atomic E-state index is 12.0. The van der Waals surface area contributed by atoms with Crippen LogP contribution in [0.4, 0.5) is 4.79 Å². The van der Waals surface area contributed by atoms with Gasteiger partial charge in [0.05, 0.1) is 0 Å². The molecule has 1 heterocycles. The molecule has 1 aromatic rings. The molecule has 2 N–H and O–H groups in total. The zero-order chi connectivity index (χ0) is 14.5. The number of nitrogens with zero attached hydrogens (tertiary/aromatic N) is 1. The number of hydrogen-bond acceptors (Lipinski definition) is 2. The van der Waals surface area contributed by atoms with E-state index in [1.807, 2.05) is 24.3 Å². The first-order valence-corrected chi connectivity index (χ1v) is 6.97. The van der Waals surface area contributed by atoms with Gasteiger partial charge in [0.1, 0.15) is 6.04 Å². The van der Waals surface area contributed by atoms with E-state index < -0.39 is 12.0 Å². The number of carbonyl (C=O) groups is 2. The molecule has 108 valence electrons. The Morgan fingerprint density at radius 2 is 1.95 bits per heavy atom. The molecule has 0 bridgehead atoms. The fraction of sp³-hybridized carbons (Fsp3) is 0.467. The molecule has 2 rings (SSSR count). The molecule has 0 spiro atoms. The van der Waals surface area contributed by atoms with E-state index in [9.17, 15) is 9.59 Å². The average Bonchev–Trinajstić information content (AvgIpc) is 2.95. The highest BCUT2D eigenvalue weighted by Gasteiger charge is 2.33. The number of nitrogens with one attached hydrogen (secondary N) is 1. The molecule has 0 aromatic heterocycles. The molecule has 2 amide bonds. The van der Waals surface area contributed by atoms with E-state index in [1.54, 1.807) is 0 Å². The minimum atomic E-state index is -0.926. The van der Waals surface area contributed by atoms with Crippen LogP contribution in [0.25, 0.3) is 0 Å². The Hall–Kier alpha value is -2.04. The molecular formula is C15H20N2O3. The van der Waals surface area contributed by atoms with E-state index in [2.05, 4.69) is 12.2 Å². The normalized spacial score (nSPS) is 18.1. The van der Waals surface area contributed by atoms with Crippen molar-refractivity contribution in [2.75, 3.05) is 6.54 Å². The second-order valence-corrected chi connectivity index (χ2v) is 5.02. The van der Waals surface area contributed by atoms with Gasteiger partial charge >= 0.3 is 12.0 Å². The lowest BCUT2D eigenvalue weighted by Gasteiger charge is -2.21. The number of carboxylic acids is 1. The minimum Gasteiger partial charge on any atom is -0.480 e. The van der Waals surface area contributed by atoms with Crippen LogP contribution in [0.15, 0.2) is 24.3 Å². The second kappa shape index (κ2) is 6.41. The largest absolute Gasteiger partial charge is 0.480 e. The van der Waals surface area contributed by atoms with Crippen molar-refractivity contribution in [1.29, 1.82) is 0 Å². The highest BCUT2D eigenvalue weighted by molar-refractivity contribution is 5.83. The highest BCUT2D eigenvalue weighted by atomic mass is 16.4. The van der Waals surface area contributed by atoms with Gasteiger partial charge in [0, 0.05) is 13.1 Å². The summed E-state index contributed by atoms with van der Waals surface area (Å²) in [5.41, 5.74) is 2.27. The third-order valence-electron chi connectivity index (χ3n) is 3.67. The summed E-state index contributed by atoms with van der Waals surface area (Å²) in [6.07, 6.45) is 2.27. The molecule has 1 aliphatic heterocycles. The zero-order valence-electron chi connectivity index (χ0n) is 11.6. The fourth-order valence-electron chi connectivity index (χ4n) is 2.44. The first kappa shape index (κ1) is 14.4. The molecule has 5 nitrogen and oxygen atoms in total. The van der Waals surface area contributed by atoms with Crippen LogP contribution in [0.2, 0.25) is 0 Å². The lowest BCUT2D eigenvalue weighted by Crippen LogP contribution is -2.45. The highest BCUT2D eigenvalue weighted by Crippen LogP contribution is 2.17. The van der Waals surface area contributed by atoms with Gasteiger partial charge in [-0.25, -0.2) is 9.59 Å². The Bertz CT molecular complexity index is 484. The Kier molecular flexibility index (Phi) is 4.61. The number of aryl methyl sites for hydroxylation is 1. The monoisotopic (exact) mass is 276 g/mol. The summed E-state index contributed by atoms with van der Waals surface area (Å²) >= 11 is 0. The quantitative estimate of drug-likeness (QED) is 0.883. The van der Waals surface area contributed by atoms with Gasteiger partial charge in [0.15, 0.2) is 0 Å². The van der Waals surface area contributed by atoms with Crippen molar-refractivity contribution in [2.24, 2.45) is 0 Å². The molecule has 0 radical (unpaired) electrons. The summed E-state index contributed by atoms with van der Waals surface area (Å²) in [6.45, 7) is 3.03. The molecule has 0 unspecified atom stereocenters. The molecule has 1 fully saturated rings. The van der Waals surface area contributed by atoms with Crippen LogP contribution in [0.5, 0.6) is 0 Å². The lowest BCUT2D eigenvalue weighted by atomic mass is 10.1. The number of carboxylic acid groups (broad SMARTS) is 1. The predicted molar refractivity (Wildman–Crippen MR) is 75.4 cm³/mol. The summed E-state index contributed by atoms with van der Waals surface area (Å²) in [4.78, 5) is 24.5. The lowest BCUT2D eigenvalue weighted by molar-refractivity contribution is -0.141. The summed E-state index contributed by atoms with van der Waals surface area (Å²) < 4.78 is 0. The number of benzene rings is 1. The average molecular weight is 276 g/mol. The van der Waals surface area contributed by atoms with Crippen LogP contribution in [-0.4, -0.2) is 34.6 Å². The van der Waals surface area contributed by atoms with E-state index >= 15 is 0 Å². The Balaban J connectivity index is 1.89. The van der Waals surface area contributed by atoms with E-state index in [0.29, 0.717) is 19.5 Å². The van der Waals surface area contributed by atoms with Gasteiger partial charge in [-0.15, -0.1) is 0 Å². The summed E-state index contributed by atoms with van der Waals surface area (Å²) in [7, 11) is 0. The van der Waals surface area contributed by atoms with Crippen molar-refractivity contribution in [2.45, 2.75) is 38.8 Å². The molecule has 20 heavy (non-hydrogen) atoms. The molecule has 1 aromatic carbocycles. The second-order valence-electron chi connectivity index (χ2n) is 5.02. The Morgan fingerprint density at radius 3 is 2.55 bits per heavy atom. The van der Waals surface area contributed by atoms with Crippen molar-refractivity contribution in [3.05, 3.63) is 35.4 Å². The van der Waals surface area contributed by atoms with E-state index in [4.69, 9.17) is 5.11 Å². The Morgan fingerprint density at radius 1 is 1.30 bits per heavy atom. The van der Waals surface area contributed by atoms with Gasteiger partial charge in [-0.05, 0) is 30.4 Å². The molecular weight excluding hydrogens is 256 g/mol. The van der Waals surface area contributed by atoms with Crippen molar-refractivity contribution < 1.29 is 14.7 Å². The number of aliphatic carboxylic acids is 1. The van der Waals surface area contributed by atoms with Gasteiger partial charge in [0.25, 0.3) is 0 Å². The summed E-state index contributed by atoms with van der Waals surface area (Å²) in [5.74, 6) is -0.926. The number of hydrogen-bond donors (Lipinski definition) is 2. The molecule has 1 saturated heterocycles. The van der Waals surface area contributed by atoms with Gasteiger partial charge < -0.3 is 15.3 Å². The Labute approximate surface area is 118 Å². The van der Waals surface area contributed by atoms with Crippen molar-refractivity contribution in [3.8, 4) is 0 Å². The first-order chi connectivity index (χ1) is 9.61. The number of rotatable bonds is 4. The summed E-state index contributed by atoms with van der Waals surface area (Å²) in [6, 6.07) is 7.07. The zero-order valence-corrected chi connectivity index (χ0v) is 11.6. The van der Waals surface area contributed by atoms with Gasteiger partial charge in [0.2, 0.25) is 0 Å². The predicted octanol–water partition coefficient (Wildman–Crippen LogP) is 2.01. The van der Waals surface area contributed by atoms with E-state index in [0.717, 1.165) is 18.4 Å². The van der Waals surface area contributed by atoms with Crippen molar-refractivity contribution in [3.63, 3.8) is 0 Å². The number of likely N-dealkylation sites (tertiary alicyclic amines) is 1. The fourth-order valence-corrected chi connectivity index (χ4v) is 2.44. The molecule has 1 aliphatic rings. The molecule has 5 heteroatoms. The smallest absolute Gasteiger partial charge is 0.326 e. The van der Waals surface area contributed by atoms with Crippen LogP contribution in [0.1, 0.15) is 30.9 Å².